The Morgan fingerprint density at radius 3 is 2.67 bits per heavy atom. The van der Waals surface area contributed by atoms with Crippen molar-refractivity contribution in [1.29, 1.82) is 0 Å². The molecule has 4 rings (SSSR count). The smallest absolute Gasteiger partial charge is 0.266 e. The lowest BCUT2D eigenvalue weighted by atomic mass is 9.95. The van der Waals surface area contributed by atoms with E-state index in [9.17, 15) is 8.78 Å². The van der Waals surface area contributed by atoms with Crippen molar-refractivity contribution < 1.29 is 8.78 Å². The van der Waals surface area contributed by atoms with Gasteiger partial charge in [-0.1, -0.05) is 26.7 Å². The molecule has 0 spiro atoms. The third-order valence-corrected chi connectivity index (χ3v) is 5.91. The van der Waals surface area contributed by atoms with Crippen molar-refractivity contribution in [2.45, 2.75) is 64.0 Å². The number of nitrogens with zero attached hydrogens (tertiary/aromatic N) is 4. The first kappa shape index (κ1) is 18.4. The highest BCUT2D eigenvalue weighted by Crippen LogP contribution is 2.45. The Balaban J connectivity index is 1.81. The van der Waals surface area contributed by atoms with E-state index in [4.69, 9.17) is 0 Å². The standard InChI is InChI=1S/C21H28F2N4/c1-15(2)19-24-10-5-12-27(19)18-17(16-6-3-4-7-16)8-11-25-20(18)26-13-9-21(22,23)14-26/h5,8,10-12,15-16,19H,3-4,6-7,9,13-14H2,1-2H3. The van der Waals surface area contributed by atoms with E-state index in [2.05, 4.69) is 34.8 Å². The molecule has 1 unspecified atom stereocenters. The summed E-state index contributed by atoms with van der Waals surface area (Å²) in [5.74, 6) is -1.19. The van der Waals surface area contributed by atoms with Crippen molar-refractivity contribution in [1.82, 2.24) is 4.98 Å². The summed E-state index contributed by atoms with van der Waals surface area (Å²) < 4.78 is 27.9. The number of anilines is 2. The Bertz CT molecular complexity index is 738. The second kappa shape index (κ2) is 7.21. The highest BCUT2D eigenvalue weighted by Gasteiger charge is 2.41. The lowest BCUT2D eigenvalue weighted by Crippen LogP contribution is -2.38. The lowest BCUT2D eigenvalue weighted by Gasteiger charge is -2.37. The highest BCUT2D eigenvalue weighted by atomic mass is 19.3. The monoisotopic (exact) mass is 374 g/mol. The number of allylic oxidation sites excluding steroid dienone is 1. The van der Waals surface area contributed by atoms with E-state index in [1.807, 2.05) is 18.5 Å². The van der Waals surface area contributed by atoms with E-state index in [1.54, 1.807) is 11.1 Å². The van der Waals surface area contributed by atoms with Crippen LogP contribution in [0.4, 0.5) is 20.3 Å². The molecular formula is C21H28F2N4. The Labute approximate surface area is 160 Å². The fourth-order valence-corrected chi connectivity index (χ4v) is 4.57. The van der Waals surface area contributed by atoms with Gasteiger partial charge in [0, 0.05) is 31.6 Å². The maximum Gasteiger partial charge on any atom is 0.266 e. The maximum absolute atomic E-state index is 13.9. The molecule has 0 bridgehead atoms. The highest BCUT2D eigenvalue weighted by molar-refractivity contribution is 5.79. The molecule has 1 saturated carbocycles. The van der Waals surface area contributed by atoms with Crippen LogP contribution in [0.2, 0.25) is 0 Å². The second-order valence-electron chi connectivity index (χ2n) is 8.29. The molecule has 6 heteroatoms. The van der Waals surface area contributed by atoms with Crippen LogP contribution in [0.5, 0.6) is 0 Å². The Morgan fingerprint density at radius 1 is 1.22 bits per heavy atom. The fraction of sp³-hybridized carbons (Fsp3) is 0.619. The van der Waals surface area contributed by atoms with Gasteiger partial charge >= 0.3 is 0 Å². The number of hydrogen-bond acceptors (Lipinski definition) is 4. The topological polar surface area (TPSA) is 31.7 Å². The van der Waals surface area contributed by atoms with Gasteiger partial charge in [-0.25, -0.2) is 13.8 Å². The molecule has 3 heterocycles. The fourth-order valence-electron chi connectivity index (χ4n) is 4.57. The predicted octanol–water partition coefficient (Wildman–Crippen LogP) is 4.97. The van der Waals surface area contributed by atoms with Crippen LogP contribution in [0.15, 0.2) is 29.5 Å². The van der Waals surface area contributed by atoms with Crippen LogP contribution >= 0.6 is 0 Å². The van der Waals surface area contributed by atoms with Gasteiger partial charge in [0.25, 0.3) is 5.92 Å². The van der Waals surface area contributed by atoms with Gasteiger partial charge in [0.05, 0.1) is 12.2 Å². The number of hydrogen-bond donors (Lipinski definition) is 0. The van der Waals surface area contributed by atoms with Gasteiger partial charge in [-0.2, -0.15) is 0 Å². The number of aliphatic imine (C=N–C) groups is 1. The first-order valence-electron chi connectivity index (χ1n) is 10.1. The van der Waals surface area contributed by atoms with Crippen molar-refractivity contribution in [3.05, 3.63) is 30.1 Å². The van der Waals surface area contributed by atoms with Crippen LogP contribution in [0, 0.1) is 5.92 Å². The van der Waals surface area contributed by atoms with Crippen LogP contribution in [-0.4, -0.2) is 36.4 Å². The minimum Gasteiger partial charge on any atom is -0.349 e. The van der Waals surface area contributed by atoms with E-state index in [0.717, 1.165) is 18.5 Å². The van der Waals surface area contributed by atoms with Crippen LogP contribution in [0.3, 0.4) is 0 Å². The first-order chi connectivity index (χ1) is 13.0. The molecule has 4 nitrogen and oxygen atoms in total. The van der Waals surface area contributed by atoms with Crippen molar-refractivity contribution in [3.63, 3.8) is 0 Å². The maximum atomic E-state index is 13.9. The molecule has 1 atom stereocenters. The van der Waals surface area contributed by atoms with Crippen molar-refractivity contribution in [3.8, 4) is 0 Å². The average Bonchev–Trinajstić information content (AvgIpc) is 3.30. The molecule has 1 aliphatic carbocycles. The van der Waals surface area contributed by atoms with Crippen molar-refractivity contribution in [2.75, 3.05) is 22.9 Å². The van der Waals surface area contributed by atoms with Gasteiger partial charge < -0.3 is 9.80 Å². The predicted molar refractivity (Wildman–Crippen MR) is 106 cm³/mol. The van der Waals surface area contributed by atoms with Gasteiger partial charge in [-0.3, -0.25) is 4.99 Å². The molecule has 1 aromatic heterocycles. The van der Waals surface area contributed by atoms with E-state index >= 15 is 0 Å². The molecular weight excluding hydrogens is 346 g/mol. The largest absolute Gasteiger partial charge is 0.349 e. The van der Waals surface area contributed by atoms with Crippen LogP contribution in [0.25, 0.3) is 0 Å². The Hall–Kier alpha value is -1.98. The summed E-state index contributed by atoms with van der Waals surface area (Å²) in [4.78, 5) is 13.2. The molecule has 0 N–H and O–H groups in total. The number of halogens is 2. The summed E-state index contributed by atoms with van der Waals surface area (Å²) in [5, 5.41) is 0. The first-order valence-corrected chi connectivity index (χ1v) is 10.1. The van der Waals surface area contributed by atoms with Gasteiger partial charge in [0.1, 0.15) is 6.17 Å². The number of aromatic nitrogens is 1. The average molecular weight is 374 g/mol. The minimum absolute atomic E-state index is 0.0405. The van der Waals surface area contributed by atoms with Gasteiger partial charge in [0.15, 0.2) is 5.82 Å². The third kappa shape index (κ3) is 3.58. The Morgan fingerprint density at radius 2 is 2.00 bits per heavy atom. The van der Waals surface area contributed by atoms with E-state index < -0.39 is 5.92 Å². The second-order valence-corrected chi connectivity index (χ2v) is 8.29. The molecule has 0 radical (unpaired) electrons. The minimum atomic E-state index is -2.64. The molecule has 1 aromatic rings. The van der Waals surface area contributed by atoms with E-state index in [1.165, 1.54) is 18.4 Å². The number of rotatable bonds is 4. The summed E-state index contributed by atoms with van der Waals surface area (Å²) >= 11 is 0. The van der Waals surface area contributed by atoms with Crippen LogP contribution in [0.1, 0.15) is 57.4 Å². The van der Waals surface area contributed by atoms with Gasteiger partial charge in [0.2, 0.25) is 0 Å². The normalized spacial score (nSPS) is 25.1. The summed E-state index contributed by atoms with van der Waals surface area (Å²) in [5.41, 5.74) is 2.22. The Kier molecular flexibility index (Phi) is 4.91. The molecule has 146 valence electrons. The SMILES string of the molecule is CC(C)C1N=CC=CN1c1c(C2CCCC2)ccnc1N1CCC(F)(F)C1. The summed E-state index contributed by atoms with van der Waals surface area (Å²) in [6.45, 7) is 4.37. The molecule has 1 saturated heterocycles. The quantitative estimate of drug-likeness (QED) is 0.746. The van der Waals surface area contributed by atoms with Crippen LogP contribution < -0.4 is 9.80 Å². The van der Waals surface area contributed by atoms with Crippen LogP contribution in [-0.2, 0) is 0 Å². The number of alkyl halides is 2. The number of pyridine rings is 1. The third-order valence-electron chi connectivity index (χ3n) is 5.91. The molecule has 0 aromatic carbocycles. The van der Waals surface area contributed by atoms with Gasteiger partial charge in [-0.05, 0) is 42.4 Å². The summed E-state index contributed by atoms with van der Waals surface area (Å²) in [7, 11) is 0. The lowest BCUT2D eigenvalue weighted by molar-refractivity contribution is 0.0257. The molecule has 2 fully saturated rings. The van der Waals surface area contributed by atoms with Gasteiger partial charge in [-0.15, -0.1) is 0 Å². The molecule has 3 aliphatic rings. The zero-order valence-corrected chi connectivity index (χ0v) is 16.1. The summed E-state index contributed by atoms with van der Waals surface area (Å²) in [6, 6.07) is 2.09. The van der Waals surface area contributed by atoms with E-state index in [0.29, 0.717) is 24.2 Å². The zero-order valence-electron chi connectivity index (χ0n) is 16.1. The molecule has 0 amide bonds. The molecule has 2 aliphatic heterocycles. The summed E-state index contributed by atoms with van der Waals surface area (Å²) in [6.07, 6.45) is 12.2. The molecule has 27 heavy (non-hydrogen) atoms. The van der Waals surface area contributed by atoms with Crippen molar-refractivity contribution >= 4 is 17.7 Å². The zero-order chi connectivity index (χ0) is 19.0. The van der Waals surface area contributed by atoms with Crippen molar-refractivity contribution in [2.24, 2.45) is 10.9 Å². The van der Waals surface area contributed by atoms with E-state index in [-0.39, 0.29) is 19.1 Å².